The summed E-state index contributed by atoms with van der Waals surface area (Å²) < 4.78 is 0. The van der Waals surface area contributed by atoms with E-state index in [0.29, 0.717) is 5.56 Å². The van der Waals surface area contributed by atoms with Gasteiger partial charge in [-0.1, -0.05) is 12.5 Å². The van der Waals surface area contributed by atoms with Crippen molar-refractivity contribution in [3.05, 3.63) is 35.7 Å². The zero-order chi connectivity index (χ0) is 13.1. The number of rotatable bonds is 2. The molecule has 3 rings (SSSR count). The third kappa shape index (κ3) is 2.46. The fourth-order valence-corrected chi connectivity index (χ4v) is 2.25. The van der Waals surface area contributed by atoms with E-state index in [-0.39, 0.29) is 6.04 Å². The van der Waals surface area contributed by atoms with Crippen LogP contribution >= 0.6 is 0 Å². The van der Waals surface area contributed by atoms with Crippen molar-refractivity contribution in [1.29, 1.82) is 5.26 Å². The lowest BCUT2D eigenvalue weighted by Gasteiger charge is -2.19. The molecule has 1 N–H and O–H groups in total. The van der Waals surface area contributed by atoms with Crippen LogP contribution in [0.3, 0.4) is 0 Å². The first kappa shape index (κ1) is 11.8. The highest BCUT2D eigenvalue weighted by atomic mass is 15.6. The van der Waals surface area contributed by atoms with Crippen LogP contribution in [0, 0.1) is 11.3 Å². The Morgan fingerprint density at radius 1 is 1.37 bits per heavy atom. The number of nitrogens with zero attached hydrogens (tertiary/aromatic N) is 5. The van der Waals surface area contributed by atoms with Gasteiger partial charge in [0.1, 0.15) is 0 Å². The third-order valence-electron chi connectivity index (χ3n) is 3.26. The highest BCUT2D eigenvalue weighted by Crippen LogP contribution is 2.19. The maximum atomic E-state index is 8.89. The van der Waals surface area contributed by atoms with Crippen LogP contribution in [-0.2, 0) is 0 Å². The predicted octanol–water partition coefficient (Wildman–Crippen LogP) is 1.35. The molecule has 1 saturated heterocycles. The predicted molar refractivity (Wildman–Crippen MR) is 68.5 cm³/mol. The van der Waals surface area contributed by atoms with E-state index in [9.17, 15) is 0 Å². The molecule has 1 aliphatic rings. The summed E-state index contributed by atoms with van der Waals surface area (Å²) in [5.41, 5.74) is 1.35. The molecule has 1 aromatic carbocycles. The van der Waals surface area contributed by atoms with Gasteiger partial charge in [0.2, 0.25) is 0 Å². The zero-order valence-corrected chi connectivity index (χ0v) is 10.5. The molecular formula is C13H14N6. The normalized spacial score (nSPS) is 19.0. The van der Waals surface area contributed by atoms with Gasteiger partial charge in [-0.2, -0.15) is 5.26 Å². The number of aromatic nitrogens is 4. The number of benzene rings is 1. The van der Waals surface area contributed by atoms with Crippen molar-refractivity contribution in [3.8, 4) is 11.8 Å². The maximum Gasteiger partial charge on any atom is 0.192 e. The molecule has 1 fully saturated rings. The summed E-state index contributed by atoms with van der Waals surface area (Å²) in [5, 5.41) is 24.9. The van der Waals surface area contributed by atoms with Crippen molar-refractivity contribution in [1.82, 2.24) is 25.5 Å². The molecule has 6 heteroatoms. The minimum atomic E-state index is 0.196. The van der Waals surface area contributed by atoms with Gasteiger partial charge in [-0.3, -0.25) is 0 Å². The Bertz CT molecular complexity index is 606. The second-order valence-electron chi connectivity index (χ2n) is 4.60. The topological polar surface area (TPSA) is 79.4 Å². The first-order chi connectivity index (χ1) is 9.36. The van der Waals surface area contributed by atoms with Crippen LogP contribution in [0.25, 0.3) is 5.69 Å². The second-order valence-corrected chi connectivity index (χ2v) is 4.60. The van der Waals surface area contributed by atoms with E-state index in [1.54, 1.807) is 12.1 Å². The van der Waals surface area contributed by atoms with E-state index in [1.807, 2.05) is 12.1 Å². The smallest absolute Gasteiger partial charge is 0.192 e. The molecule has 1 aliphatic heterocycles. The van der Waals surface area contributed by atoms with Gasteiger partial charge in [0.05, 0.1) is 23.4 Å². The third-order valence-corrected chi connectivity index (χ3v) is 3.26. The molecule has 2 aromatic rings. The highest BCUT2D eigenvalue weighted by Gasteiger charge is 2.19. The maximum absolute atomic E-state index is 8.89. The van der Waals surface area contributed by atoms with E-state index >= 15 is 0 Å². The van der Waals surface area contributed by atoms with E-state index in [1.165, 1.54) is 17.6 Å². The SMILES string of the molecule is N#Cc1cccc(-n2nnc(C3CCCCN3)n2)c1. The lowest BCUT2D eigenvalue weighted by atomic mass is 10.1. The van der Waals surface area contributed by atoms with Gasteiger partial charge >= 0.3 is 0 Å². The Kier molecular flexibility index (Phi) is 3.21. The molecule has 1 aromatic heterocycles. The van der Waals surface area contributed by atoms with Gasteiger partial charge in [0, 0.05) is 0 Å². The van der Waals surface area contributed by atoms with Crippen molar-refractivity contribution >= 4 is 0 Å². The number of nitrogens with one attached hydrogen (secondary N) is 1. The van der Waals surface area contributed by atoms with Crippen LogP contribution < -0.4 is 5.32 Å². The molecule has 19 heavy (non-hydrogen) atoms. The number of hydrogen-bond donors (Lipinski definition) is 1. The number of hydrogen-bond acceptors (Lipinski definition) is 5. The molecule has 0 spiro atoms. The minimum absolute atomic E-state index is 0.196. The molecular weight excluding hydrogens is 240 g/mol. The fraction of sp³-hybridized carbons (Fsp3) is 0.385. The van der Waals surface area contributed by atoms with Crippen LogP contribution in [-0.4, -0.2) is 26.8 Å². The quantitative estimate of drug-likeness (QED) is 0.875. The molecule has 0 bridgehead atoms. The average molecular weight is 254 g/mol. The molecule has 1 atom stereocenters. The second kappa shape index (κ2) is 5.16. The average Bonchev–Trinajstić information content (AvgIpc) is 2.98. The summed E-state index contributed by atoms with van der Waals surface area (Å²) in [4.78, 5) is 1.48. The summed E-state index contributed by atoms with van der Waals surface area (Å²) in [6.07, 6.45) is 3.44. The molecule has 0 saturated carbocycles. The molecule has 0 aliphatic carbocycles. The van der Waals surface area contributed by atoms with Gasteiger partial charge in [0.25, 0.3) is 0 Å². The van der Waals surface area contributed by atoms with Crippen LogP contribution in [0.4, 0.5) is 0 Å². The molecule has 0 radical (unpaired) electrons. The molecule has 1 unspecified atom stereocenters. The molecule has 0 amide bonds. The molecule has 2 heterocycles. The lowest BCUT2D eigenvalue weighted by Crippen LogP contribution is -2.27. The first-order valence-electron chi connectivity index (χ1n) is 6.40. The van der Waals surface area contributed by atoms with Crippen molar-refractivity contribution < 1.29 is 0 Å². The van der Waals surface area contributed by atoms with E-state index in [2.05, 4.69) is 26.8 Å². The summed E-state index contributed by atoms with van der Waals surface area (Å²) in [6, 6.07) is 9.48. The fourth-order valence-electron chi connectivity index (χ4n) is 2.25. The van der Waals surface area contributed by atoms with Gasteiger partial charge in [-0.05, 0) is 42.8 Å². The van der Waals surface area contributed by atoms with Gasteiger partial charge in [-0.15, -0.1) is 15.0 Å². The monoisotopic (exact) mass is 254 g/mol. The number of nitriles is 1. The summed E-state index contributed by atoms with van der Waals surface area (Å²) >= 11 is 0. The Labute approximate surface area is 111 Å². The number of tetrazole rings is 1. The van der Waals surface area contributed by atoms with Crippen molar-refractivity contribution in [2.45, 2.75) is 25.3 Å². The van der Waals surface area contributed by atoms with E-state index in [4.69, 9.17) is 5.26 Å². The Morgan fingerprint density at radius 2 is 2.32 bits per heavy atom. The van der Waals surface area contributed by atoms with E-state index in [0.717, 1.165) is 24.5 Å². The molecule has 6 nitrogen and oxygen atoms in total. The minimum Gasteiger partial charge on any atom is -0.307 e. The highest BCUT2D eigenvalue weighted by molar-refractivity contribution is 5.39. The van der Waals surface area contributed by atoms with Gasteiger partial charge in [0.15, 0.2) is 5.82 Å². The van der Waals surface area contributed by atoms with Crippen molar-refractivity contribution in [3.63, 3.8) is 0 Å². The summed E-state index contributed by atoms with van der Waals surface area (Å²) in [6.45, 7) is 1.00. The molecule has 96 valence electrons. The zero-order valence-electron chi connectivity index (χ0n) is 10.5. The van der Waals surface area contributed by atoms with Gasteiger partial charge < -0.3 is 5.32 Å². The van der Waals surface area contributed by atoms with Crippen LogP contribution in [0.2, 0.25) is 0 Å². The van der Waals surface area contributed by atoms with Crippen molar-refractivity contribution in [2.24, 2.45) is 0 Å². The van der Waals surface area contributed by atoms with Gasteiger partial charge in [-0.25, -0.2) is 0 Å². The van der Waals surface area contributed by atoms with Crippen molar-refractivity contribution in [2.75, 3.05) is 6.54 Å². The Hall–Kier alpha value is -2.26. The Morgan fingerprint density at radius 3 is 3.11 bits per heavy atom. The number of piperidine rings is 1. The first-order valence-corrected chi connectivity index (χ1v) is 6.40. The largest absolute Gasteiger partial charge is 0.307 e. The van der Waals surface area contributed by atoms with Crippen LogP contribution in [0.1, 0.15) is 36.7 Å². The lowest BCUT2D eigenvalue weighted by molar-refractivity contribution is 0.397. The van der Waals surface area contributed by atoms with Crippen LogP contribution in [0.5, 0.6) is 0 Å². The van der Waals surface area contributed by atoms with E-state index < -0.39 is 0 Å². The Balaban J connectivity index is 1.86. The standard InChI is InChI=1S/C13H14N6/c14-9-10-4-3-5-11(8-10)19-17-13(16-18-19)12-6-1-2-7-15-12/h3-5,8,12,15H,1-2,6-7H2. The summed E-state index contributed by atoms with van der Waals surface area (Å²) in [7, 11) is 0. The van der Waals surface area contributed by atoms with Crippen LogP contribution in [0.15, 0.2) is 24.3 Å². The summed E-state index contributed by atoms with van der Waals surface area (Å²) in [5.74, 6) is 0.724.